The number of nitrogens with one attached hydrogen (secondary N) is 2. The molecule has 0 unspecified atom stereocenters. The van der Waals surface area contributed by atoms with E-state index in [4.69, 9.17) is 21.7 Å². The number of guanidine groups is 1. The van der Waals surface area contributed by atoms with E-state index in [2.05, 4.69) is 5.59 Å². The molecule has 0 saturated heterocycles. The fraction of sp³-hybridized carbons (Fsp3) is 0.150. The Hall–Kier alpha value is -5.68. The normalized spacial score (nSPS) is 12.6. The molecule has 0 saturated carbocycles. The molecule has 0 fully saturated rings. The van der Waals surface area contributed by atoms with Crippen LogP contribution in [0.15, 0.2) is 155 Å². The molecule has 284 valence electrons. The van der Waals surface area contributed by atoms with Crippen LogP contribution in [-0.2, 0) is 42.8 Å². The first-order valence-electron chi connectivity index (χ1n) is 17.4. The first kappa shape index (κ1) is 39.0. The molecule has 6 aromatic carbocycles. The number of hydrazine groups is 2. The summed E-state index contributed by atoms with van der Waals surface area (Å²) >= 11 is 0. The van der Waals surface area contributed by atoms with Crippen molar-refractivity contribution in [1.29, 1.82) is 5.41 Å². The Labute approximate surface area is 320 Å². The number of carbonyl (C=O) groups is 1. The van der Waals surface area contributed by atoms with Gasteiger partial charge < -0.3 is 16.3 Å². The van der Waals surface area contributed by atoms with Crippen LogP contribution in [0.5, 0.6) is 0 Å². The second kappa shape index (κ2) is 17.2. The molecule has 0 aliphatic carbocycles. The number of carbonyl (C=O) groups excluding carboxylic acids is 1. The first-order valence-corrected chi connectivity index (χ1v) is 20.3. The van der Waals surface area contributed by atoms with Crippen LogP contribution in [0.2, 0.25) is 0 Å². The lowest BCUT2D eigenvalue weighted by atomic mass is 10.1. The predicted molar refractivity (Wildman–Crippen MR) is 211 cm³/mol. The average molecular weight is 780 g/mol. The monoisotopic (exact) mass is 779 g/mol. The standard InChI is InChI=1S/C40H41N7O6S2/c41-36(39(48)53-44-46(28-30-14-3-1-4-15-30)54(49,50)37-25-11-20-32-18-7-9-22-34(32)37)24-13-27-45(40(42)43)47(29-31-16-5-2-6-17-31)55(51,52)38-26-12-21-33-19-8-10-23-35(33)38/h1-12,14-23,25-26,36,44H,13,24,27-29,41H2,(H3,42,43)/t36-/m0/s1. The zero-order valence-corrected chi connectivity index (χ0v) is 31.4. The Balaban J connectivity index is 1.18. The van der Waals surface area contributed by atoms with Crippen LogP contribution in [0.1, 0.15) is 24.0 Å². The fourth-order valence-corrected chi connectivity index (χ4v) is 9.23. The highest BCUT2D eigenvalue weighted by Crippen LogP contribution is 2.29. The Bertz CT molecular complexity index is 2500. The van der Waals surface area contributed by atoms with E-state index in [1.165, 1.54) is 12.1 Å². The minimum atomic E-state index is -4.29. The van der Waals surface area contributed by atoms with Crippen molar-refractivity contribution in [2.75, 3.05) is 6.54 Å². The number of sulfonamides is 2. The largest absolute Gasteiger partial charge is 0.369 e. The van der Waals surface area contributed by atoms with Crippen LogP contribution < -0.4 is 17.1 Å². The van der Waals surface area contributed by atoms with Crippen molar-refractivity contribution in [3.8, 4) is 0 Å². The highest BCUT2D eigenvalue weighted by Gasteiger charge is 2.33. The molecule has 6 rings (SSSR count). The third-order valence-electron chi connectivity index (χ3n) is 8.94. The maximum atomic E-state index is 14.4. The Morgan fingerprint density at radius 1 is 0.655 bits per heavy atom. The van der Waals surface area contributed by atoms with E-state index in [1.807, 2.05) is 30.3 Å². The lowest BCUT2D eigenvalue weighted by Gasteiger charge is -2.34. The van der Waals surface area contributed by atoms with Crippen LogP contribution >= 0.6 is 0 Å². The molecule has 0 bridgehead atoms. The van der Waals surface area contributed by atoms with Crippen LogP contribution in [0.25, 0.3) is 21.5 Å². The SMILES string of the molecule is N=C(N)N(CCC[C@H](N)C(=O)ONN(Cc1ccccc1)S(=O)(=O)c1cccc2ccccc12)N(Cc1ccccc1)S(=O)(=O)c1cccc2ccccc12. The molecule has 6 aromatic rings. The molecule has 0 radical (unpaired) electrons. The van der Waals surface area contributed by atoms with Gasteiger partial charge in [-0.05, 0) is 46.9 Å². The van der Waals surface area contributed by atoms with Crippen molar-refractivity contribution in [2.45, 2.75) is 41.8 Å². The van der Waals surface area contributed by atoms with Gasteiger partial charge in [-0.15, -0.1) is 4.41 Å². The second-order valence-electron chi connectivity index (χ2n) is 12.7. The quantitative estimate of drug-likeness (QED) is 0.0573. The van der Waals surface area contributed by atoms with Gasteiger partial charge in [0.1, 0.15) is 6.04 Å². The molecule has 0 aromatic heterocycles. The number of benzene rings is 6. The maximum Gasteiger partial charge on any atom is 0.343 e. The smallest absolute Gasteiger partial charge is 0.343 e. The zero-order chi connectivity index (χ0) is 39.0. The van der Waals surface area contributed by atoms with E-state index < -0.39 is 38.0 Å². The molecular formula is C40H41N7O6S2. The number of fused-ring (bicyclic) bond motifs is 2. The lowest BCUT2D eigenvalue weighted by molar-refractivity contribution is -0.161. The lowest BCUT2D eigenvalue weighted by Crippen LogP contribution is -2.52. The number of nitrogens with zero attached hydrogens (tertiary/aromatic N) is 3. The van der Waals surface area contributed by atoms with Crippen LogP contribution in [0.3, 0.4) is 0 Å². The summed E-state index contributed by atoms with van der Waals surface area (Å²) in [5.74, 6) is -1.49. The number of rotatable bonds is 16. The summed E-state index contributed by atoms with van der Waals surface area (Å²) in [7, 11) is -8.56. The summed E-state index contributed by atoms with van der Waals surface area (Å²) in [6.07, 6.45) is 0.0841. The van der Waals surface area contributed by atoms with Gasteiger partial charge in [0.15, 0.2) is 0 Å². The van der Waals surface area contributed by atoms with Crippen molar-refractivity contribution in [3.05, 3.63) is 157 Å². The molecule has 13 nitrogen and oxygen atoms in total. The molecular weight excluding hydrogens is 739 g/mol. The van der Waals surface area contributed by atoms with Crippen molar-refractivity contribution in [1.82, 2.24) is 19.4 Å². The van der Waals surface area contributed by atoms with Crippen LogP contribution in [0.4, 0.5) is 0 Å². The maximum absolute atomic E-state index is 14.4. The molecule has 55 heavy (non-hydrogen) atoms. The number of nitrogens with two attached hydrogens (primary N) is 2. The van der Waals surface area contributed by atoms with Gasteiger partial charge in [0.25, 0.3) is 20.0 Å². The van der Waals surface area contributed by atoms with Crippen molar-refractivity contribution < 1.29 is 26.5 Å². The summed E-state index contributed by atoms with van der Waals surface area (Å²) in [6, 6.07) is 40.5. The van der Waals surface area contributed by atoms with E-state index in [0.717, 1.165) is 19.2 Å². The Kier molecular flexibility index (Phi) is 12.2. The van der Waals surface area contributed by atoms with Gasteiger partial charge >= 0.3 is 5.97 Å². The molecule has 0 spiro atoms. The second-order valence-corrected chi connectivity index (χ2v) is 16.3. The van der Waals surface area contributed by atoms with Crippen molar-refractivity contribution in [2.24, 2.45) is 11.5 Å². The molecule has 15 heteroatoms. The number of hydrogen-bond acceptors (Lipinski definition) is 9. The van der Waals surface area contributed by atoms with E-state index in [1.54, 1.807) is 103 Å². The molecule has 0 amide bonds. The van der Waals surface area contributed by atoms with Gasteiger partial charge in [0, 0.05) is 17.3 Å². The minimum absolute atomic E-state index is 0.0113. The summed E-state index contributed by atoms with van der Waals surface area (Å²) in [6.45, 7) is -0.409. The van der Waals surface area contributed by atoms with E-state index in [9.17, 15) is 21.6 Å². The molecule has 0 aliphatic rings. The fourth-order valence-electron chi connectivity index (χ4n) is 6.13. The summed E-state index contributed by atoms with van der Waals surface area (Å²) in [4.78, 5) is 18.6. The van der Waals surface area contributed by atoms with Gasteiger partial charge in [0.05, 0.1) is 22.9 Å². The van der Waals surface area contributed by atoms with Gasteiger partial charge in [-0.25, -0.2) is 21.6 Å². The highest BCUT2D eigenvalue weighted by molar-refractivity contribution is 7.89. The third kappa shape index (κ3) is 9.00. The Morgan fingerprint density at radius 2 is 1.13 bits per heavy atom. The third-order valence-corrected chi connectivity index (χ3v) is 12.4. The van der Waals surface area contributed by atoms with Crippen molar-refractivity contribution >= 4 is 53.5 Å². The highest BCUT2D eigenvalue weighted by atomic mass is 32.2. The first-order chi connectivity index (χ1) is 26.5. The van der Waals surface area contributed by atoms with Gasteiger partial charge in [-0.3, -0.25) is 10.4 Å². The van der Waals surface area contributed by atoms with Gasteiger partial charge in [0.2, 0.25) is 5.96 Å². The van der Waals surface area contributed by atoms with Crippen molar-refractivity contribution in [3.63, 3.8) is 0 Å². The van der Waals surface area contributed by atoms with E-state index in [0.29, 0.717) is 27.3 Å². The predicted octanol–water partition coefficient (Wildman–Crippen LogP) is 5.26. The minimum Gasteiger partial charge on any atom is -0.369 e. The molecule has 0 aliphatic heterocycles. The molecule has 0 heterocycles. The topological polar surface area (TPSA) is 192 Å². The number of hydrogen-bond donors (Lipinski definition) is 4. The average Bonchev–Trinajstić information content (AvgIpc) is 3.20. The van der Waals surface area contributed by atoms with E-state index >= 15 is 0 Å². The molecule has 6 N–H and O–H groups in total. The summed E-state index contributed by atoms with van der Waals surface area (Å²) in [5, 5.41) is 12.0. The summed E-state index contributed by atoms with van der Waals surface area (Å²) in [5.41, 5.74) is 15.9. The van der Waals surface area contributed by atoms with Gasteiger partial charge in [-0.2, -0.15) is 0 Å². The van der Waals surface area contributed by atoms with E-state index in [-0.39, 0.29) is 42.3 Å². The molecule has 1 atom stereocenters. The van der Waals surface area contributed by atoms with Gasteiger partial charge in [-0.1, -0.05) is 143 Å². The van der Waals surface area contributed by atoms with Crippen LogP contribution in [-0.4, -0.2) is 55.2 Å². The zero-order valence-electron chi connectivity index (χ0n) is 29.7. The summed E-state index contributed by atoms with van der Waals surface area (Å²) < 4.78 is 58.8. The Morgan fingerprint density at radius 3 is 1.67 bits per heavy atom. The van der Waals surface area contributed by atoms with Crippen LogP contribution in [0, 0.1) is 5.41 Å².